The van der Waals surface area contributed by atoms with Crippen molar-refractivity contribution in [3.05, 3.63) is 84.1 Å². The summed E-state index contributed by atoms with van der Waals surface area (Å²) < 4.78 is 0. The second kappa shape index (κ2) is 9.35. The molecule has 5 heteroatoms. The molecule has 0 saturated carbocycles. The lowest BCUT2D eigenvalue weighted by molar-refractivity contribution is -0.125. The molecule has 2 aromatic carbocycles. The zero-order valence-corrected chi connectivity index (χ0v) is 16.8. The zero-order chi connectivity index (χ0) is 20.8. The Bertz CT molecular complexity index is 977. The van der Waals surface area contributed by atoms with E-state index in [4.69, 9.17) is 0 Å². The van der Waals surface area contributed by atoms with E-state index in [-0.39, 0.29) is 11.8 Å². The molecule has 0 atom stereocenters. The third kappa shape index (κ3) is 4.74. The third-order valence-corrected chi connectivity index (χ3v) is 5.64. The molecule has 152 valence electrons. The lowest BCUT2D eigenvalue weighted by atomic mass is 9.95. The highest BCUT2D eigenvalue weighted by Gasteiger charge is 2.24. The summed E-state index contributed by atoms with van der Waals surface area (Å²) in [6, 6.07) is 21.6. The maximum atomic E-state index is 12.6. The normalized spacial score (nSPS) is 14.3. The number of nitrogens with one attached hydrogen (secondary N) is 1. The monoisotopic (exact) mass is 399 g/mol. The number of anilines is 1. The first-order valence-electron chi connectivity index (χ1n) is 10.3. The number of benzene rings is 2. The second-order valence-corrected chi connectivity index (χ2v) is 7.60. The van der Waals surface area contributed by atoms with Gasteiger partial charge < -0.3 is 10.2 Å². The molecule has 3 aromatic rings. The van der Waals surface area contributed by atoms with Crippen LogP contribution < -0.4 is 10.2 Å². The summed E-state index contributed by atoms with van der Waals surface area (Å²) >= 11 is 0. The minimum Gasteiger partial charge on any atom is -0.371 e. The summed E-state index contributed by atoms with van der Waals surface area (Å²) in [6.07, 6.45) is 4.31. The molecule has 0 radical (unpaired) electrons. The Morgan fingerprint density at radius 1 is 1.00 bits per heavy atom. The number of hydrogen-bond donors (Lipinski definition) is 1. The number of amides is 1. The van der Waals surface area contributed by atoms with Gasteiger partial charge in [-0.3, -0.25) is 14.6 Å². The molecule has 5 nitrogen and oxygen atoms in total. The molecule has 0 unspecified atom stereocenters. The first kappa shape index (κ1) is 19.8. The van der Waals surface area contributed by atoms with Gasteiger partial charge in [-0.25, -0.2) is 0 Å². The molecule has 1 amide bonds. The number of rotatable bonds is 6. The van der Waals surface area contributed by atoms with Gasteiger partial charge in [-0.2, -0.15) is 0 Å². The van der Waals surface area contributed by atoms with Crippen LogP contribution >= 0.6 is 0 Å². The highest BCUT2D eigenvalue weighted by molar-refractivity contribution is 5.79. The number of aldehydes is 1. The number of pyridine rings is 1. The average molecular weight is 399 g/mol. The summed E-state index contributed by atoms with van der Waals surface area (Å²) in [4.78, 5) is 30.0. The van der Waals surface area contributed by atoms with Crippen molar-refractivity contribution in [2.75, 3.05) is 18.0 Å². The fourth-order valence-electron chi connectivity index (χ4n) is 3.82. The maximum Gasteiger partial charge on any atom is 0.223 e. The molecule has 0 aliphatic carbocycles. The van der Waals surface area contributed by atoms with E-state index >= 15 is 0 Å². The summed E-state index contributed by atoms with van der Waals surface area (Å²) in [5.74, 6) is 0.169. The fraction of sp³-hybridized carbons (Fsp3) is 0.240. The van der Waals surface area contributed by atoms with Crippen LogP contribution in [-0.2, 0) is 11.3 Å². The minimum absolute atomic E-state index is 0.0447. The molecule has 1 aromatic heterocycles. The molecule has 1 fully saturated rings. The van der Waals surface area contributed by atoms with Gasteiger partial charge >= 0.3 is 0 Å². The molecule has 2 heterocycles. The van der Waals surface area contributed by atoms with Crippen LogP contribution in [0.25, 0.3) is 11.3 Å². The van der Waals surface area contributed by atoms with Crippen molar-refractivity contribution in [2.24, 2.45) is 5.92 Å². The molecule has 1 N–H and O–H groups in total. The van der Waals surface area contributed by atoms with E-state index in [0.717, 1.165) is 54.7 Å². The van der Waals surface area contributed by atoms with Crippen molar-refractivity contribution in [1.82, 2.24) is 10.3 Å². The van der Waals surface area contributed by atoms with Crippen LogP contribution in [0, 0.1) is 5.92 Å². The predicted molar refractivity (Wildman–Crippen MR) is 118 cm³/mol. The van der Waals surface area contributed by atoms with Crippen LogP contribution in [0.2, 0.25) is 0 Å². The predicted octanol–water partition coefficient (Wildman–Crippen LogP) is 4.09. The van der Waals surface area contributed by atoms with Gasteiger partial charge in [-0.05, 0) is 54.8 Å². The molecule has 30 heavy (non-hydrogen) atoms. The van der Waals surface area contributed by atoms with Gasteiger partial charge in [0.15, 0.2) is 0 Å². The second-order valence-electron chi connectivity index (χ2n) is 7.60. The maximum absolute atomic E-state index is 12.6. The van der Waals surface area contributed by atoms with Gasteiger partial charge in [0.1, 0.15) is 6.29 Å². The van der Waals surface area contributed by atoms with Crippen molar-refractivity contribution < 1.29 is 9.59 Å². The summed E-state index contributed by atoms with van der Waals surface area (Å²) in [5.41, 5.74) is 4.88. The standard InChI is InChI=1S/C25H25N3O2/c29-18-20-6-10-23(11-7-20)28-15-12-22(13-16-28)25(30)27-17-19-4-8-21(9-5-19)24-3-1-2-14-26-24/h1-11,14,18,22H,12-13,15-17H2,(H,27,30). The summed E-state index contributed by atoms with van der Waals surface area (Å²) in [7, 11) is 0. The van der Waals surface area contributed by atoms with Gasteiger partial charge in [0, 0.05) is 48.6 Å². The van der Waals surface area contributed by atoms with Crippen molar-refractivity contribution in [1.29, 1.82) is 0 Å². The summed E-state index contributed by atoms with van der Waals surface area (Å²) in [5, 5.41) is 3.09. The molecular weight excluding hydrogens is 374 g/mol. The quantitative estimate of drug-likeness (QED) is 0.634. The Balaban J connectivity index is 1.26. The van der Waals surface area contributed by atoms with Crippen LogP contribution in [0.4, 0.5) is 5.69 Å². The van der Waals surface area contributed by atoms with E-state index in [9.17, 15) is 9.59 Å². The number of nitrogens with zero attached hydrogens (tertiary/aromatic N) is 2. The largest absolute Gasteiger partial charge is 0.371 e. The van der Waals surface area contributed by atoms with Crippen LogP contribution in [0.1, 0.15) is 28.8 Å². The van der Waals surface area contributed by atoms with Crippen molar-refractivity contribution >= 4 is 17.9 Å². The lowest BCUT2D eigenvalue weighted by Gasteiger charge is -2.33. The Morgan fingerprint density at radius 3 is 2.37 bits per heavy atom. The molecule has 0 spiro atoms. The Morgan fingerprint density at radius 2 is 1.73 bits per heavy atom. The fourth-order valence-corrected chi connectivity index (χ4v) is 3.82. The number of carbonyl (C=O) groups is 2. The van der Waals surface area contributed by atoms with Gasteiger partial charge in [0.05, 0.1) is 5.69 Å². The number of hydrogen-bond acceptors (Lipinski definition) is 4. The van der Waals surface area contributed by atoms with E-state index in [2.05, 4.69) is 15.2 Å². The molecule has 1 aliphatic rings. The van der Waals surface area contributed by atoms with Crippen LogP contribution in [0.3, 0.4) is 0 Å². The van der Waals surface area contributed by atoms with Gasteiger partial charge in [0.25, 0.3) is 0 Å². The average Bonchev–Trinajstić information content (AvgIpc) is 2.83. The van der Waals surface area contributed by atoms with E-state index < -0.39 is 0 Å². The van der Waals surface area contributed by atoms with Gasteiger partial charge in [-0.15, -0.1) is 0 Å². The van der Waals surface area contributed by atoms with E-state index in [0.29, 0.717) is 12.1 Å². The smallest absolute Gasteiger partial charge is 0.223 e. The Kier molecular flexibility index (Phi) is 6.18. The topological polar surface area (TPSA) is 62.3 Å². The Labute approximate surface area is 176 Å². The number of carbonyl (C=O) groups excluding carboxylic acids is 2. The highest BCUT2D eigenvalue weighted by Crippen LogP contribution is 2.24. The van der Waals surface area contributed by atoms with Crippen LogP contribution in [0.5, 0.6) is 0 Å². The van der Waals surface area contributed by atoms with Crippen LogP contribution in [-0.4, -0.2) is 30.3 Å². The Hall–Kier alpha value is -3.47. The first-order chi connectivity index (χ1) is 14.7. The SMILES string of the molecule is O=Cc1ccc(N2CCC(C(=O)NCc3ccc(-c4ccccn4)cc3)CC2)cc1. The third-order valence-electron chi connectivity index (χ3n) is 5.64. The van der Waals surface area contributed by atoms with Gasteiger partial charge in [-0.1, -0.05) is 30.3 Å². The van der Waals surface area contributed by atoms with Crippen molar-refractivity contribution in [3.8, 4) is 11.3 Å². The van der Waals surface area contributed by atoms with Gasteiger partial charge in [0.2, 0.25) is 5.91 Å². The van der Waals surface area contributed by atoms with Crippen molar-refractivity contribution in [2.45, 2.75) is 19.4 Å². The lowest BCUT2D eigenvalue weighted by Crippen LogP contribution is -2.40. The molecule has 4 rings (SSSR count). The molecule has 1 saturated heterocycles. The van der Waals surface area contributed by atoms with Crippen molar-refractivity contribution in [3.63, 3.8) is 0 Å². The molecule has 0 bridgehead atoms. The van der Waals surface area contributed by atoms with Crippen LogP contribution in [0.15, 0.2) is 72.9 Å². The molecular formula is C25H25N3O2. The van der Waals surface area contributed by atoms with E-state index in [1.54, 1.807) is 6.20 Å². The zero-order valence-electron chi connectivity index (χ0n) is 16.8. The first-order valence-corrected chi connectivity index (χ1v) is 10.3. The highest BCUT2D eigenvalue weighted by atomic mass is 16.1. The minimum atomic E-state index is 0.0447. The number of piperidine rings is 1. The molecule has 1 aliphatic heterocycles. The summed E-state index contributed by atoms with van der Waals surface area (Å²) in [6.45, 7) is 2.23. The number of aromatic nitrogens is 1. The van der Waals surface area contributed by atoms with E-state index in [1.807, 2.05) is 66.7 Å². The van der Waals surface area contributed by atoms with E-state index in [1.165, 1.54) is 0 Å².